The minimum atomic E-state index is -1.93. The predicted molar refractivity (Wildman–Crippen MR) is 131 cm³/mol. The Labute approximate surface area is 244 Å². The molecular weight excluding hydrogens is 592 g/mol. The first-order valence-corrected chi connectivity index (χ1v) is 13.8. The first-order valence-electron chi connectivity index (χ1n) is 13.8. The van der Waals surface area contributed by atoms with E-state index in [0.717, 1.165) is 0 Å². The lowest BCUT2D eigenvalue weighted by Crippen LogP contribution is -2.67. The molecule has 12 N–H and O–H groups in total. The maximum atomic E-state index is 11.1. The summed E-state index contributed by atoms with van der Waals surface area (Å²) in [5.74, 6) is 0. The van der Waals surface area contributed by atoms with E-state index in [2.05, 4.69) is 0 Å². The second-order valence-corrected chi connectivity index (χ2v) is 11.1. The highest BCUT2D eigenvalue weighted by molar-refractivity contribution is 4.97. The van der Waals surface area contributed by atoms with E-state index in [1.807, 2.05) is 0 Å². The van der Waals surface area contributed by atoms with Gasteiger partial charge in [-0.15, -0.1) is 0 Å². The first kappa shape index (κ1) is 35.1. The molecule has 43 heavy (non-hydrogen) atoms. The zero-order chi connectivity index (χ0) is 31.9. The van der Waals surface area contributed by atoms with Crippen LogP contribution in [0.2, 0.25) is 0 Å². The highest BCUT2D eigenvalue weighted by Gasteiger charge is 2.55. The molecule has 19 heteroatoms. The summed E-state index contributed by atoms with van der Waals surface area (Å²) in [5, 5.41) is 123. The van der Waals surface area contributed by atoms with Gasteiger partial charge >= 0.3 is 0 Å². The van der Waals surface area contributed by atoms with Crippen LogP contribution in [0.5, 0.6) is 0 Å². The minimum absolute atomic E-state index is 0.764. The van der Waals surface area contributed by atoms with Crippen LogP contribution in [0, 0.1) is 0 Å². The second-order valence-electron chi connectivity index (χ2n) is 11.1. The molecule has 0 radical (unpaired) electrons. The molecule has 19 nitrogen and oxygen atoms in total. The number of ether oxygens (including phenoxy) is 7. The van der Waals surface area contributed by atoms with Gasteiger partial charge in [0, 0.05) is 0 Å². The molecule has 252 valence electrons. The van der Waals surface area contributed by atoms with Crippen LogP contribution in [-0.2, 0) is 33.2 Å². The SMILES string of the molecule is C[C@@H]1O[C@@H](O[C@@H]2[C@@H](O)[C@H](O)O[C@H](CO)[C@H]2O[C@@H]2O[C@@H](C)[C@H](O)[C@@H](O[C@@H]3O[C@H](CO)[C@@H](O)[C@H](O)[C@H]3O)[C@H]2O)[C@H](O)[C@H](O)[C@H]1O. The summed E-state index contributed by atoms with van der Waals surface area (Å²) in [7, 11) is 0. The minimum Gasteiger partial charge on any atom is -0.394 e. The molecule has 0 aromatic heterocycles. The van der Waals surface area contributed by atoms with Crippen LogP contribution in [-0.4, -0.2) is 197 Å². The summed E-state index contributed by atoms with van der Waals surface area (Å²) in [6, 6.07) is 0. The van der Waals surface area contributed by atoms with Crippen molar-refractivity contribution in [1.82, 2.24) is 0 Å². The Hall–Kier alpha value is -0.760. The topological polar surface area (TPSA) is 307 Å². The van der Waals surface area contributed by atoms with Gasteiger partial charge in [0.2, 0.25) is 0 Å². The number of aliphatic hydroxyl groups is 12. The summed E-state index contributed by atoms with van der Waals surface area (Å²) < 4.78 is 38.6. The summed E-state index contributed by atoms with van der Waals surface area (Å²) in [6.07, 6.45) is -32.8. The molecule has 0 aliphatic carbocycles. The van der Waals surface area contributed by atoms with Gasteiger partial charge in [-0.3, -0.25) is 0 Å². The average molecular weight is 635 g/mol. The lowest BCUT2D eigenvalue weighted by atomic mass is 9.95. The molecule has 0 saturated carbocycles. The number of hydrogen-bond donors (Lipinski definition) is 12. The molecular formula is C24H42O19. The Balaban J connectivity index is 1.54. The Kier molecular flexibility index (Phi) is 11.7. The van der Waals surface area contributed by atoms with E-state index in [1.165, 1.54) is 13.8 Å². The second kappa shape index (κ2) is 14.3. The van der Waals surface area contributed by atoms with Crippen molar-refractivity contribution in [3.05, 3.63) is 0 Å². The lowest BCUT2D eigenvalue weighted by Gasteiger charge is -2.49. The van der Waals surface area contributed by atoms with Gasteiger partial charge < -0.3 is 94.4 Å². The predicted octanol–water partition coefficient (Wildman–Crippen LogP) is -7.69. The molecule has 4 aliphatic rings. The molecule has 4 heterocycles. The van der Waals surface area contributed by atoms with Crippen LogP contribution < -0.4 is 0 Å². The molecule has 4 saturated heterocycles. The van der Waals surface area contributed by atoms with Crippen LogP contribution in [0.15, 0.2) is 0 Å². The van der Waals surface area contributed by atoms with Crippen molar-refractivity contribution in [2.45, 2.75) is 137 Å². The van der Waals surface area contributed by atoms with Crippen LogP contribution in [0.3, 0.4) is 0 Å². The zero-order valence-electron chi connectivity index (χ0n) is 23.2. The molecule has 0 aromatic carbocycles. The van der Waals surface area contributed by atoms with Gasteiger partial charge in [-0.05, 0) is 13.8 Å². The van der Waals surface area contributed by atoms with Gasteiger partial charge in [-0.1, -0.05) is 0 Å². The quantitative estimate of drug-likeness (QED) is 0.118. The molecule has 0 aromatic rings. The third-order valence-corrected chi connectivity index (χ3v) is 8.13. The summed E-state index contributed by atoms with van der Waals surface area (Å²) in [4.78, 5) is 0. The molecule has 20 atom stereocenters. The van der Waals surface area contributed by atoms with Crippen molar-refractivity contribution in [3.63, 3.8) is 0 Å². The Morgan fingerprint density at radius 1 is 0.419 bits per heavy atom. The maximum absolute atomic E-state index is 11.1. The van der Waals surface area contributed by atoms with Gasteiger partial charge in [0.05, 0.1) is 25.4 Å². The van der Waals surface area contributed by atoms with Gasteiger partial charge in [-0.25, -0.2) is 0 Å². The smallest absolute Gasteiger partial charge is 0.187 e. The van der Waals surface area contributed by atoms with Crippen LogP contribution in [0.1, 0.15) is 13.8 Å². The third-order valence-electron chi connectivity index (χ3n) is 8.13. The van der Waals surface area contributed by atoms with Gasteiger partial charge in [0.25, 0.3) is 0 Å². The van der Waals surface area contributed by atoms with Crippen LogP contribution >= 0.6 is 0 Å². The van der Waals surface area contributed by atoms with Crippen LogP contribution in [0.4, 0.5) is 0 Å². The number of hydrogen-bond acceptors (Lipinski definition) is 19. The molecule has 4 aliphatic heterocycles. The molecule has 0 amide bonds. The van der Waals surface area contributed by atoms with Gasteiger partial charge in [-0.2, -0.15) is 0 Å². The van der Waals surface area contributed by atoms with E-state index in [4.69, 9.17) is 33.2 Å². The number of aliphatic hydroxyl groups excluding tert-OH is 12. The Morgan fingerprint density at radius 2 is 0.884 bits per heavy atom. The first-order chi connectivity index (χ1) is 20.2. The normalized spacial score (nSPS) is 54.8. The fraction of sp³-hybridized carbons (Fsp3) is 1.00. The standard InChI is InChI=1S/C24H42O19/c1-5-9(27)12(30)14(32)22(37-5)43-20-16(34)21(36)39-8(4-26)18(20)41-24-17(35)19(10(28)6(2)38-24)42-23-15(33)13(31)11(29)7(3-25)40-23/h5-36H,3-4H2,1-2H3/t5-,6-,7+,8+,9-,10-,11+,12+,13-,14+,15+,16+,17+,18+,19+,20+,21+,22-,23-,24-/m0/s1. The fourth-order valence-electron chi connectivity index (χ4n) is 5.42. The maximum Gasteiger partial charge on any atom is 0.187 e. The molecule has 0 bridgehead atoms. The van der Waals surface area contributed by atoms with Crippen LogP contribution in [0.25, 0.3) is 0 Å². The lowest BCUT2D eigenvalue weighted by molar-refractivity contribution is -0.390. The Morgan fingerprint density at radius 3 is 1.47 bits per heavy atom. The summed E-state index contributed by atoms with van der Waals surface area (Å²) in [5.41, 5.74) is 0. The largest absolute Gasteiger partial charge is 0.394 e. The van der Waals surface area contributed by atoms with Crippen molar-refractivity contribution in [1.29, 1.82) is 0 Å². The molecule has 4 rings (SSSR count). The van der Waals surface area contributed by atoms with Crippen molar-refractivity contribution < 1.29 is 94.4 Å². The fourth-order valence-corrected chi connectivity index (χ4v) is 5.42. The summed E-state index contributed by atoms with van der Waals surface area (Å²) >= 11 is 0. The van der Waals surface area contributed by atoms with E-state index in [9.17, 15) is 61.3 Å². The molecule has 0 unspecified atom stereocenters. The van der Waals surface area contributed by atoms with Gasteiger partial charge in [0.1, 0.15) is 85.5 Å². The van der Waals surface area contributed by atoms with E-state index in [1.54, 1.807) is 0 Å². The van der Waals surface area contributed by atoms with E-state index >= 15 is 0 Å². The van der Waals surface area contributed by atoms with Gasteiger partial charge in [0.15, 0.2) is 25.2 Å². The Bertz CT molecular complexity index is 884. The zero-order valence-corrected chi connectivity index (χ0v) is 23.2. The molecule has 0 spiro atoms. The molecule has 4 fully saturated rings. The third kappa shape index (κ3) is 7.00. The van der Waals surface area contributed by atoms with Crippen molar-refractivity contribution in [3.8, 4) is 0 Å². The summed E-state index contributed by atoms with van der Waals surface area (Å²) in [6.45, 7) is 1.15. The highest BCUT2D eigenvalue weighted by atomic mass is 16.8. The van der Waals surface area contributed by atoms with E-state index in [-0.39, 0.29) is 0 Å². The van der Waals surface area contributed by atoms with E-state index in [0.29, 0.717) is 0 Å². The number of rotatable bonds is 8. The van der Waals surface area contributed by atoms with Crippen molar-refractivity contribution in [2.75, 3.05) is 13.2 Å². The highest BCUT2D eigenvalue weighted by Crippen LogP contribution is 2.34. The average Bonchev–Trinajstić information content (AvgIpc) is 2.98. The monoisotopic (exact) mass is 634 g/mol. The van der Waals surface area contributed by atoms with Crippen molar-refractivity contribution in [2.24, 2.45) is 0 Å². The van der Waals surface area contributed by atoms with E-state index < -0.39 is 136 Å². The van der Waals surface area contributed by atoms with Crippen molar-refractivity contribution >= 4 is 0 Å².